The Hall–Kier alpha value is -2.63. The quantitative estimate of drug-likeness (QED) is 0.679. The summed E-state index contributed by atoms with van der Waals surface area (Å²) in [6.45, 7) is 2.81. The second-order valence-electron chi connectivity index (χ2n) is 8.38. The maximum absolute atomic E-state index is 13.1. The van der Waals surface area contributed by atoms with Crippen LogP contribution < -0.4 is 4.74 Å². The van der Waals surface area contributed by atoms with Gasteiger partial charge in [0.1, 0.15) is 17.9 Å². The van der Waals surface area contributed by atoms with Gasteiger partial charge in [-0.05, 0) is 25.0 Å². The zero-order valence-electron chi connectivity index (χ0n) is 18.7. The maximum Gasteiger partial charge on any atom is 0.257 e. The molecule has 0 unspecified atom stereocenters. The number of nitrogens with zero attached hydrogens (tertiary/aromatic N) is 3. The molecule has 0 radical (unpaired) electrons. The molecule has 4 atom stereocenters. The molecule has 31 heavy (non-hydrogen) atoms. The molecule has 2 bridgehead atoms. The molecule has 1 saturated heterocycles. The third-order valence-corrected chi connectivity index (χ3v) is 6.06. The number of benzene rings is 1. The fraction of sp³-hybridized carbons (Fsp3) is 0.609. The molecule has 1 fully saturated rings. The largest absolute Gasteiger partial charge is 0.491 e. The molecule has 0 spiro atoms. The first-order valence-electron chi connectivity index (χ1n) is 10.7. The minimum absolute atomic E-state index is 0.0430. The van der Waals surface area contributed by atoms with Crippen molar-refractivity contribution in [3.8, 4) is 11.8 Å². The van der Waals surface area contributed by atoms with E-state index in [4.69, 9.17) is 14.2 Å². The van der Waals surface area contributed by atoms with Crippen LogP contribution in [0, 0.1) is 17.2 Å². The Morgan fingerprint density at radius 1 is 1.13 bits per heavy atom. The van der Waals surface area contributed by atoms with Crippen LogP contribution in [-0.4, -0.2) is 80.8 Å². The van der Waals surface area contributed by atoms with Crippen LogP contribution in [0.15, 0.2) is 18.2 Å². The van der Waals surface area contributed by atoms with Gasteiger partial charge in [0.15, 0.2) is 0 Å². The van der Waals surface area contributed by atoms with Crippen molar-refractivity contribution in [3.05, 3.63) is 29.3 Å². The SMILES string of the molecule is CO[C@@H]1CC[C@@H]2CCOc3c(C#N)cccc3C(=O)N(C)C[C@@H](C)C(=O)N(C)C[C@@H]1O2. The molecule has 0 aliphatic carbocycles. The first kappa shape index (κ1) is 23.0. The van der Waals surface area contributed by atoms with Crippen LogP contribution in [0.5, 0.6) is 5.75 Å². The van der Waals surface area contributed by atoms with Crippen molar-refractivity contribution in [2.75, 3.05) is 40.9 Å². The highest BCUT2D eigenvalue weighted by atomic mass is 16.5. The molecule has 2 amide bonds. The molecule has 1 aromatic rings. The number of nitriles is 1. The van der Waals surface area contributed by atoms with Gasteiger partial charge in [0.2, 0.25) is 5.91 Å². The number of likely N-dealkylation sites (N-methyl/N-ethyl adjacent to an activating group) is 1. The highest BCUT2D eigenvalue weighted by molar-refractivity contribution is 5.97. The molecule has 0 N–H and O–H groups in total. The van der Waals surface area contributed by atoms with E-state index in [1.807, 2.05) is 6.92 Å². The lowest BCUT2D eigenvalue weighted by Crippen LogP contribution is -2.49. The number of fused-ring (bicyclic) bond motifs is 3. The van der Waals surface area contributed by atoms with Crippen molar-refractivity contribution in [2.24, 2.45) is 5.92 Å². The number of hydrogen-bond acceptors (Lipinski definition) is 6. The van der Waals surface area contributed by atoms with Crippen molar-refractivity contribution in [3.63, 3.8) is 0 Å². The van der Waals surface area contributed by atoms with E-state index in [1.54, 1.807) is 44.3 Å². The number of ether oxygens (including phenoxy) is 3. The van der Waals surface area contributed by atoms with Crippen LogP contribution in [0.25, 0.3) is 0 Å². The summed E-state index contributed by atoms with van der Waals surface area (Å²) < 4.78 is 17.8. The van der Waals surface area contributed by atoms with Gasteiger partial charge in [-0.3, -0.25) is 9.59 Å². The highest BCUT2D eigenvalue weighted by Crippen LogP contribution is 2.28. The van der Waals surface area contributed by atoms with Gasteiger partial charge in [0.25, 0.3) is 5.91 Å². The van der Waals surface area contributed by atoms with Gasteiger partial charge in [0.05, 0.1) is 35.9 Å². The van der Waals surface area contributed by atoms with E-state index >= 15 is 0 Å². The van der Waals surface area contributed by atoms with E-state index in [0.29, 0.717) is 30.7 Å². The summed E-state index contributed by atoms with van der Waals surface area (Å²) in [4.78, 5) is 29.2. The van der Waals surface area contributed by atoms with Gasteiger partial charge < -0.3 is 24.0 Å². The first-order valence-corrected chi connectivity index (χ1v) is 10.7. The summed E-state index contributed by atoms with van der Waals surface area (Å²) >= 11 is 0. The summed E-state index contributed by atoms with van der Waals surface area (Å²) in [7, 11) is 5.08. The second kappa shape index (κ2) is 10.1. The average molecular weight is 430 g/mol. The summed E-state index contributed by atoms with van der Waals surface area (Å²) in [5, 5.41) is 9.51. The molecule has 2 aliphatic heterocycles. The molecular weight excluding hydrogens is 398 g/mol. The van der Waals surface area contributed by atoms with Gasteiger partial charge in [-0.1, -0.05) is 13.0 Å². The topological polar surface area (TPSA) is 92.1 Å². The van der Waals surface area contributed by atoms with Crippen LogP contribution >= 0.6 is 0 Å². The number of hydrogen-bond donors (Lipinski definition) is 0. The average Bonchev–Trinajstić information content (AvgIpc) is 2.77. The standard InChI is InChI=1S/C23H31N3O5/c1-15-13-25(2)23(28)18-7-5-6-16(12-24)21(18)30-11-10-17-8-9-19(29-4)20(31-17)14-26(3)22(15)27/h5-7,15,17,19-20H,8-11,13-14H2,1-4H3/t15-,17-,19-,20+/m1/s1. The van der Waals surface area contributed by atoms with Crippen molar-refractivity contribution < 1.29 is 23.8 Å². The van der Waals surface area contributed by atoms with Crippen molar-refractivity contribution in [1.82, 2.24) is 9.80 Å². The third kappa shape index (κ3) is 5.17. The summed E-state index contributed by atoms with van der Waals surface area (Å²) in [5.41, 5.74) is 0.639. The van der Waals surface area contributed by atoms with E-state index in [2.05, 4.69) is 6.07 Å². The fourth-order valence-corrected chi connectivity index (χ4v) is 4.34. The Morgan fingerprint density at radius 3 is 2.61 bits per heavy atom. The number of methoxy groups -OCH3 is 1. The Balaban J connectivity index is 1.92. The fourth-order valence-electron chi connectivity index (χ4n) is 4.34. The second-order valence-corrected chi connectivity index (χ2v) is 8.38. The normalized spacial score (nSPS) is 28.1. The zero-order chi connectivity index (χ0) is 22.5. The maximum atomic E-state index is 13.1. The minimum Gasteiger partial charge on any atom is -0.491 e. The molecule has 8 heteroatoms. The number of rotatable bonds is 1. The van der Waals surface area contributed by atoms with Gasteiger partial charge in [-0.2, -0.15) is 5.26 Å². The van der Waals surface area contributed by atoms with Crippen LogP contribution in [0.2, 0.25) is 0 Å². The lowest BCUT2D eigenvalue weighted by atomic mass is 9.98. The number of para-hydroxylation sites is 1. The monoisotopic (exact) mass is 429 g/mol. The van der Waals surface area contributed by atoms with Crippen LogP contribution in [0.1, 0.15) is 42.1 Å². The van der Waals surface area contributed by atoms with Crippen molar-refractivity contribution in [1.29, 1.82) is 5.26 Å². The first-order chi connectivity index (χ1) is 14.8. The van der Waals surface area contributed by atoms with Crippen LogP contribution in [-0.2, 0) is 14.3 Å². The third-order valence-electron chi connectivity index (χ3n) is 6.06. The Kier molecular flexibility index (Phi) is 7.52. The van der Waals surface area contributed by atoms with E-state index < -0.39 is 5.92 Å². The lowest BCUT2D eigenvalue weighted by Gasteiger charge is -2.38. The van der Waals surface area contributed by atoms with Crippen LogP contribution in [0.4, 0.5) is 0 Å². The predicted molar refractivity (Wildman–Crippen MR) is 114 cm³/mol. The molecule has 2 aliphatic rings. The van der Waals surface area contributed by atoms with E-state index in [1.165, 1.54) is 4.90 Å². The molecule has 2 heterocycles. The summed E-state index contributed by atoms with van der Waals surface area (Å²) in [5.74, 6) is -0.445. The molecule has 1 aromatic carbocycles. The van der Waals surface area contributed by atoms with Crippen LogP contribution in [0.3, 0.4) is 0 Å². The Labute approximate surface area is 183 Å². The summed E-state index contributed by atoms with van der Waals surface area (Å²) in [6, 6.07) is 7.07. The molecule has 0 saturated carbocycles. The molecule has 168 valence electrons. The Bertz CT molecular complexity index is 852. The number of amides is 2. The summed E-state index contributed by atoms with van der Waals surface area (Å²) in [6.07, 6.45) is 1.93. The smallest absolute Gasteiger partial charge is 0.257 e. The van der Waals surface area contributed by atoms with Crippen molar-refractivity contribution in [2.45, 2.75) is 44.5 Å². The van der Waals surface area contributed by atoms with Crippen molar-refractivity contribution >= 4 is 11.8 Å². The number of carbonyl (C=O) groups excluding carboxylic acids is 2. The zero-order valence-corrected chi connectivity index (χ0v) is 18.7. The van der Waals surface area contributed by atoms with Gasteiger partial charge in [0, 0.05) is 40.7 Å². The van der Waals surface area contributed by atoms with Gasteiger partial charge in [-0.25, -0.2) is 0 Å². The predicted octanol–water partition coefficient (Wildman–Crippen LogP) is 2.07. The molecular formula is C23H31N3O5. The van der Waals surface area contributed by atoms with Gasteiger partial charge in [-0.15, -0.1) is 0 Å². The molecule has 3 rings (SSSR count). The minimum atomic E-state index is -0.395. The Morgan fingerprint density at radius 2 is 1.90 bits per heavy atom. The lowest BCUT2D eigenvalue weighted by molar-refractivity contribution is -0.152. The molecule has 8 nitrogen and oxygen atoms in total. The number of carbonyl (C=O) groups is 2. The molecule has 0 aromatic heterocycles. The van der Waals surface area contributed by atoms with E-state index in [-0.39, 0.29) is 42.4 Å². The van der Waals surface area contributed by atoms with Gasteiger partial charge >= 0.3 is 0 Å². The van der Waals surface area contributed by atoms with E-state index in [0.717, 1.165) is 12.8 Å². The van der Waals surface area contributed by atoms with E-state index in [9.17, 15) is 14.9 Å². The highest BCUT2D eigenvalue weighted by Gasteiger charge is 2.34.